The molecule has 0 fully saturated rings. The highest BCUT2D eigenvalue weighted by Crippen LogP contribution is 2.24. The summed E-state index contributed by atoms with van der Waals surface area (Å²) in [6, 6.07) is 11.7. The number of nitrogens with two attached hydrogens (primary N) is 1. The van der Waals surface area contributed by atoms with Gasteiger partial charge in [-0.05, 0) is 46.3 Å². The SMILES string of the molecule is Nc1cc(Br)cc(-c2nnnn2Cc2ccc(F)cc2)c1. The first-order valence-electron chi connectivity index (χ1n) is 6.19. The molecule has 21 heavy (non-hydrogen) atoms. The van der Waals surface area contributed by atoms with Crippen LogP contribution in [0.1, 0.15) is 5.56 Å². The molecule has 0 unspecified atom stereocenters. The van der Waals surface area contributed by atoms with Crippen molar-refractivity contribution < 1.29 is 4.39 Å². The molecular weight excluding hydrogens is 337 g/mol. The van der Waals surface area contributed by atoms with Crippen molar-refractivity contribution in [2.24, 2.45) is 0 Å². The van der Waals surface area contributed by atoms with Crippen LogP contribution in [-0.2, 0) is 6.54 Å². The molecule has 0 bridgehead atoms. The maximum Gasteiger partial charge on any atom is 0.182 e. The number of nitrogen functional groups attached to an aromatic ring is 1. The summed E-state index contributed by atoms with van der Waals surface area (Å²) in [6.07, 6.45) is 0. The summed E-state index contributed by atoms with van der Waals surface area (Å²) >= 11 is 3.40. The number of benzene rings is 2. The van der Waals surface area contributed by atoms with Crippen molar-refractivity contribution >= 4 is 21.6 Å². The normalized spacial score (nSPS) is 10.8. The van der Waals surface area contributed by atoms with Gasteiger partial charge in [0.1, 0.15) is 5.82 Å². The van der Waals surface area contributed by atoms with E-state index in [2.05, 4.69) is 31.5 Å². The van der Waals surface area contributed by atoms with Crippen molar-refractivity contribution in [3.05, 3.63) is 58.3 Å². The maximum atomic E-state index is 12.9. The van der Waals surface area contributed by atoms with Crippen LogP contribution >= 0.6 is 15.9 Å². The van der Waals surface area contributed by atoms with Gasteiger partial charge in [0.05, 0.1) is 6.54 Å². The maximum absolute atomic E-state index is 12.9. The van der Waals surface area contributed by atoms with Crippen LogP contribution in [0, 0.1) is 5.82 Å². The van der Waals surface area contributed by atoms with Crippen LogP contribution in [0.4, 0.5) is 10.1 Å². The Morgan fingerprint density at radius 1 is 1.14 bits per heavy atom. The van der Waals surface area contributed by atoms with Gasteiger partial charge < -0.3 is 5.73 Å². The second-order valence-electron chi connectivity index (χ2n) is 4.56. The Bertz CT molecular complexity index is 749. The molecular formula is C14H11BrFN5. The van der Waals surface area contributed by atoms with E-state index in [1.807, 2.05) is 6.07 Å². The number of anilines is 1. The molecule has 0 saturated carbocycles. The van der Waals surface area contributed by atoms with Gasteiger partial charge in [0.2, 0.25) is 0 Å². The average molecular weight is 348 g/mol. The van der Waals surface area contributed by atoms with E-state index in [1.165, 1.54) is 12.1 Å². The molecule has 0 amide bonds. The lowest BCUT2D eigenvalue weighted by Gasteiger charge is -2.06. The van der Waals surface area contributed by atoms with E-state index in [0.29, 0.717) is 18.1 Å². The van der Waals surface area contributed by atoms with Crippen LogP contribution in [0.5, 0.6) is 0 Å². The van der Waals surface area contributed by atoms with Gasteiger partial charge in [-0.1, -0.05) is 28.1 Å². The fourth-order valence-corrected chi connectivity index (χ4v) is 2.53. The number of tetrazole rings is 1. The molecule has 0 aliphatic rings. The van der Waals surface area contributed by atoms with E-state index < -0.39 is 0 Å². The molecule has 7 heteroatoms. The third-order valence-electron chi connectivity index (χ3n) is 2.96. The Morgan fingerprint density at radius 3 is 2.62 bits per heavy atom. The van der Waals surface area contributed by atoms with Crippen LogP contribution in [0.2, 0.25) is 0 Å². The Labute approximate surface area is 128 Å². The van der Waals surface area contributed by atoms with Crippen LogP contribution in [0.15, 0.2) is 46.9 Å². The summed E-state index contributed by atoms with van der Waals surface area (Å²) in [4.78, 5) is 0. The molecule has 2 N–H and O–H groups in total. The van der Waals surface area contributed by atoms with Gasteiger partial charge in [-0.3, -0.25) is 0 Å². The molecule has 1 aromatic heterocycles. The smallest absolute Gasteiger partial charge is 0.182 e. The van der Waals surface area contributed by atoms with Gasteiger partial charge in [0, 0.05) is 15.7 Å². The molecule has 106 valence electrons. The fourth-order valence-electron chi connectivity index (χ4n) is 2.02. The number of hydrogen-bond donors (Lipinski definition) is 1. The quantitative estimate of drug-likeness (QED) is 0.739. The summed E-state index contributed by atoms with van der Waals surface area (Å²) in [5.74, 6) is 0.336. The van der Waals surface area contributed by atoms with E-state index in [-0.39, 0.29) is 5.82 Å². The number of hydrogen-bond acceptors (Lipinski definition) is 4. The first-order valence-corrected chi connectivity index (χ1v) is 6.98. The van der Waals surface area contributed by atoms with E-state index in [4.69, 9.17) is 5.73 Å². The van der Waals surface area contributed by atoms with Crippen LogP contribution in [0.25, 0.3) is 11.4 Å². The summed E-state index contributed by atoms with van der Waals surface area (Å²) < 4.78 is 15.4. The standard InChI is InChI=1S/C14H11BrFN5/c15-11-5-10(6-13(17)7-11)14-18-19-20-21(14)8-9-1-3-12(16)4-2-9/h1-7H,8,17H2. The Balaban J connectivity index is 1.95. The number of nitrogens with zero attached hydrogens (tertiary/aromatic N) is 4. The van der Waals surface area contributed by atoms with E-state index in [9.17, 15) is 4.39 Å². The highest BCUT2D eigenvalue weighted by Gasteiger charge is 2.10. The molecule has 5 nitrogen and oxygen atoms in total. The van der Waals surface area contributed by atoms with E-state index in [1.54, 1.807) is 28.9 Å². The third kappa shape index (κ3) is 3.08. The minimum absolute atomic E-state index is 0.268. The molecule has 2 aromatic carbocycles. The van der Waals surface area contributed by atoms with Crippen molar-refractivity contribution in [3.8, 4) is 11.4 Å². The summed E-state index contributed by atoms with van der Waals surface area (Å²) in [5, 5.41) is 11.7. The van der Waals surface area contributed by atoms with Crippen molar-refractivity contribution in [1.82, 2.24) is 20.2 Å². The molecule has 0 spiro atoms. The van der Waals surface area contributed by atoms with Crippen LogP contribution < -0.4 is 5.73 Å². The number of aromatic nitrogens is 4. The third-order valence-corrected chi connectivity index (χ3v) is 3.41. The minimum Gasteiger partial charge on any atom is -0.399 e. The molecule has 0 aliphatic carbocycles. The fraction of sp³-hybridized carbons (Fsp3) is 0.0714. The van der Waals surface area contributed by atoms with Gasteiger partial charge in [0.15, 0.2) is 5.82 Å². The number of rotatable bonds is 3. The second kappa shape index (κ2) is 5.61. The zero-order chi connectivity index (χ0) is 14.8. The Kier molecular flexibility index (Phi) is 3.66. The zero-order valence-electron chi connectivity index (χ0n) is 10.9. The van der Waals surface area contributed by atoms with Gasteiger partial charge in [-0.15, -0.1) is 5.10 Å². The lowest BCUT2D eigenvalue weighted by molar-refractivity contribution is 0.622. The van der Waals surface area contributed by atoms with Gasteiger partial charge in [0.25, 0.3) is 0 Å². The van der Waals surface area contributed by atoms with Crippen molar-refractivity contribution in [3.63, 3.8) is 0 Å². The first kappa shape index (κ1) is 13.7. The van der Waals surface area contributed by atoms with Gasteiger partial charge in [-0.2, -0.15) is 0 Å². The first-order chi connectivity index (χ1) is 10.1. The van der Waals surface area contributed by atoms with Crippen LogP contribution in [-0.4, -0.2) is 20.2 Å². The Morgan fingerprint density at radius 2 is 1.90 bits per heavy atom. The van der Waals surface area contributed by atoms with Crippen molar-refractivity contribution in [2.75, 3.05) is 5.73 Å². The highest BCUT2D eigenvalue weighted by molar-refractivity contribution is 9.10. The van der Waals surface area contributed by atoms with E-state index in [0.717, 1.165) is 15.6 Å². The molecule has 3 aromatic rings. The molecule has 0 atom stereocenters. The zero-order valence-corrected chi connectivity index (χ0v) is 12.5. The van der Waals surface area contributed by atoms with E-state index >= 15 is 0 Å². The molecule has 3 rings (SSSR count). The summed E-state index contributed by atoms with van der Waals surface area (Å²) in [6.45, 7) is 0.453. The largest absolute Gasteiger partial charge is 0.399 e. The van der Waals surface area contributed by atoms with Crippen molar-refractivity contribution in [1.29, 1.82) is 0 Å². The molecule has 0 aliphatic heterocycles. The monoisotopic (exact) mass is 347 g/mol. The molecule has 0 saturated heterocycles. The lowest BCUT2D eigenvalue weighted by Crippen LogP contribution is -2.04. The second-order valence-corrected chi connectivity index (χ2v) is 5.48. The lowest BCUT2D eigenvalue weighted by atomic mass is 10.2. The topological polar surface area (TPSA) is 69.6 Å². The van der Waals surface area contributed by atoms with Crippen molar-refractivity contribution in [2.45, 2.75) is 6.54 Å². The predicted molar refractivity (Wildman–Crippen MR) is 80.9 cm³/mol. The molecule has 1 heterocycles. The highest BCUT2D eigenvalue weighted by atomic mass is 79.9. The summed E-state index contributed by atoms with van der Waals surface area (Å²) in [5.41, 5.74) is 8.18. The average Bonchev–Trinajstić information content (AvgIpc) is 2.88. The summed E-state index contributed by atoms with van der Waals surface area (Å²) in [7, 11) is 0. The minimum atomic E-state index is -0.268. The van der Waals surface area contributed by atoms with Gasteiger partial charge >= 0.3 is 0 Å². The van der Waals surface area contributed by atoms with Gasteiger partial charge in [-0.25, -0.2) is 9.07 Å². The number of halogens is 2. The molecule has 0 radical (unpaired) electrons. The predicted octanol–water partition coefficient (Wildman–Crippen LogP) is 2.87. The van der Waals surface area contributed by atoms with Crippen LogP contribution in [0.3, 0.4) is 0 Å². The Hall–Kier alpha value is -2.28.